The van der Waals surface area contributed by atoms with Crippen molar-refractivity contribution in [1.29, 1.82) is 0 Å². The molecule has 0 saturated carbocycles. The molecule has 0 spiro atoms. The van der Waals surface area contributed by atoms with Crippen LogP contribution in [0.1, 0.15) is 19.6 Å². The summed E-state index contributed by atoms with van der Waals surface area (Å²) in [5.41, 5.74) is 5.27. The summed E-state index contributed by atoms with van der Waals surface area (Å²) in [6.07, 6.45) is 0. The second-order valence-electron chi connectivity index (χ2n) is 2.74. The largest absolute Gasteiger partial charge is 0.358 e. The van der Waals surface area contributed by atoms with Crippen molar-refractivity contribution in [1.82, 2.24) is 5.16 Å². The van der Waals surface area contributed by atoms with Gasteiger partial charge >= 0.3 is 0 Å². The highest BCUT2D eigenvalue weighted by Crippen LogP contribution is 2.19. The summed E-state index contributed by atoms with van der Waals surface area (Å²) in [5.74, 6) is 0.680. The predicted molar refractivity (Wildman–Crippen MR) is 41.4 cm³/mol. The van der Waals surface area contributed by atoms with Gasteiger partial charge in [0.25, 0.3) is 0 Å². The van der Waals surface area contributed by atoms with E-state index in [0.29, 0.717) is 10.4 Å². The zero-order chi connectivity index (χ0) is 7.78. The average Bonchev–Trinajstić information content (AvgIpc) is 2.11. The Bertz CT molecular complexity index is 226. The van der Waals surface area contributed by atoms with E-state index in [9.17, 15) is 0 Å². The average molecular weight is 205 g/mol. The molecule has 0 fully saturated rings. The van der Waals surface area contributed by atoms with Gasteiger partial charge in [0.1, 0.15) is 4.60 Å². The molecule has 1 aromatic heterocycles. The maximum atomic E-state index is 5.72. The van der Waals surface area contributed by atoms with Gasteiger partial charge in [-0.05, 0) is 29.8 Å². The van der Waals surface area contributed by atoms with Gasteiger partial charge in [-0.3, -0.25) is 0 Å². The van der Waals surface area contributed by atoms with Crippen molar-refractivity contribution >= 4 is 15.9 Å². The molecule has 0 aliphatic carbocycles. The van der Waals surface area contributed by atoms with Crippen LogP contribution in [0.3, 0.4) is 0 Å². The van der Waals surface area contributed by atoms with Gasteiger partial charge in [-0.1, -0.05) is 5.16 Å². The molecule has 0 saturated heterocycles. The van der Waals surface area contributed by atoms with E-state index in [1.807, 2.05) is 13.8 Å². The van der Waals surface area contributed by atoms with Gasteiger partial charge in [-0.25, -0.2) is 0 Å². The van der Waals surface area contributed by atoms with Gasteiger partial charge in [0.05, 0.1) is 5.54 Å². The third kappa shape index (κ3) is 1.58. The van der Waals surface area contributed by atoms with E-state index < -0.39 is 5.54 Å². The highest BCUT2D eigenvalue weighted by molar-refractivity contribution is 9.10. The Kier molecular flexibility index (Phi) is 1.83. The minimum Gasteiger partial charge on any atom is -0.358 e. The number of hydrogen-bond acceptors (Lipinski definition) is 3. The van der Waals surface area contributed by atoms with Crippen molar-refractivity contribution < 1.29 is 4.52 Å². The topological polar surface area (TPSA) is 52.0 Å². The molecule has 56 valence electrons. The smallest absolute Gasteiger partial charge is 0.157 e. The fourth-order valence-electron chi connectivity index (χ4n) is 0.557. The van der Waals surface area contributed by atoms with E-state index in [1.54, 1.807) is 6.07 Å². The van der Waals surface area contributed by atoms with E-state index in [1.165, 1.54) is 0 Å². The van der Waals surface area contributed by atoms with Crippen molar-refractivity contribution in [2.75, 3.05) is 0 Å². The first-order chi connectivity index (χ1) is 4.50. The minimum atomic E-state index is -0.445. The van der Waals surface area contributed by atoms with Gasteiger partial charge in [0.15, 0.2) is 5.76 Å². The van der Waals surface area contributed by atoms with Crippen molar-refractivity contribution in [3.8, 4) is 0 Å². The van der Waals surface area contributed by atoms with E-state index in [4.69, 9.17) is 10.3 Å². The van der Waals surface area contributed by atoms with Crippen molar-refractivity contribution in [2.24, 2.45) is 5.73 Å². The van der Waals surface area contributed by atoms with E-state index >= 15 is 0 Å². The van der Waals surface area contributed by atoms with E-state index in [-0.39, 0.29) is 0 Å². The third-order valence-electron chi connectivity index (χ3n) is 1.12. The standard InChI is InChI=1S/C6H9BrN2O/c1-6(2,8)4-3-5(7)9-10-4/h3H,8H2,1-2H3. The van der Waals surface area contributed by atoms with E-state index in [2.05, 4.69) is 21.1 Å². The molecule has 1 aromatic rings. The van der Waals surface area contributed by atoms with Gasteiger partial charge in [-0.2, -0.15) is 0 Å². The highest BCUT2D eigenvalue weighted by Gasteiger charge is 2.19. The molecule has 0 bridgehead atoms. The lowest BCUT2D eigenvalue weighted by atomic mass is 10.0. The number of nitrogens with zero attached hydrogens (tertiary/aromatic N) is 1. The van der Waals surface area contributed by atoms with Crippen molar-refractivity contribution in [3.63, 3.8) is 0 Å². The van der Waals surface area contributed by atoms with Crippen LogP contribution in [0.25, 0.3) is 0 Å². The van der Waals surface area contributed by atoms with Crippen LogP contribution in [0.4, 0.5) is 0 Å². The van der Waals surface area contributed by atoms with Crippen LogP contribution < -0.4 is 5.73 Å². The Morgan fingerprint density at radius 3 is 2.50 bits per heavy atom. The molecule has 0 radical (unpaired) electrons. The summed E-state index contributed by atoms with van der Waals surface area (Å²) in [6.45, 7) is 3.72. The van der Waals surface area contributed by atoms with Crippen LogP contribution in [0, 0.1) is 0 Å². The fourth-order valence-corrected chi connectivity index (χ4v) is 0.838. The monoisotopic (exact) mass is 204 g/mol. The zero-order valence-corrected chi connectivity index (χ0v) is 7.47. The van der Waals surface area contributed by atoms with Gasteiger partial charge in [0.2, 0.25) is 0 Å². The first kappa shape index (κ1) is 7.75. The lowest BCUT2D eigenvalue weighted by molar-refractivity contribution is 0.319. The van der Waals surface area contributed by atoms with Crippen LogP contribution in [-0.2, 0) is 5.54 Å². The second-order valence-corrected chi connectivity index (χ2v) is 3.55. The summed E-state index contributed by atoms with van der Waals surface area (Å²) in [5, 5.41) is 3.64. The molecule has 1 rings (SSSR count). The number of hydrogen-bond donors (Lipinski definition) is 1. The highest BCUT2D eigenvalue weighted by atomic mass is 79.9. The summed E-state index contributed by atoms with van der Waals surface area (Å²) < 4.78 is 5.59. The number of nitrogens with two attached hydrogens (primary N) is 1. The van der Waals surface area contributed by atoms with E-state index in [0.717, 1.165) is 0 Å². The first-order valence-electron chi connectivity index (χ1n) is 2.92. The SMILES string of the molecule is CC(C)(N)c1cc(Br)no1. The summed E-state index contributed by atoms with van der Waals surface area (Å²) in [4.78, 5) is 0. The molecule has 0 aliphatic heterocycles. The van der Waals surface area contributed by atoms with Crippen molar-refractivity contribution in [2.45, 2.75) is 19.4 Å². The summed E-state index contributed by atoms with van der Waals surface area (Å²) >= 11 is 3.16. The molecule has 2 N–H and O–H groups in total. The fraction of sp³-hybridized carbons (Fsp3) is 0.500. The molecule has 0 amide bonds. The molecule has 1 heterocycles. The molecule has 0 atom stereocenters. The maximum absolute atomic E-state index is 5.72. The van der Waals surface area contributed by atoms with Crippen LogP contribution in [0.15, 0.2) is 15.2 Å². The summed E-state index contributed by atoms with van der Waals surface area (Å²) in [7, 11) is 0. The van der Waals surface area contributed by atoms with Crippen molar-refractivity contribution in [3.05, 3.63) is 16.4 Å². The first-order valence-corrected chi connectivity index (χ1v) is 3.71. The molecule has 0 aliphatic rings. The molecule has 3 nitrogen and oxygen atoms in total. The molecule has 0 aromatic carbocycles. The Hall–Kier alpha value is -0.350. The number of aromatic nitrogens is 1. The van der Waals surface area contributed by atoms with Gasteiger partial charge in [-0.15, -0.1) is 0 Å². The second kappa shape index (κ2) is 2.36. The Morgan fingerprint density at radius 1 is 1.70 bits per heavy atom. The predicted octanol–water partition coefficient (Wildman–Crippen LogP) is 1.63. The number of rotatable bonds is 1. The minimum absolute atomic E-state index is 0.445. The Labute approximate surface area is 67.7 Å². The lowest BCUT2D eigenvalue weighted by Crippen LogP contribution is -2.27. The number of halogens is 1. The maximum Gasteiger partial charge on any atom is 0.157 e. The van der Waals surface area contributed by atoms with Gasteiger partial charge < -0.3 is 10.3 Å². The van der Waals surface area contributed by atoms with Crippen LogP contribution in [0.5, 0.6) is 0 Å². The normalized spacial score (nSPS) is 12.0. The Balaban J connectivity index is 2.96. The van der Waals surface area contributed by atoms with Crippen LogP contribution >= 0.6 is 15.9 Å². The lowest BCUT2D eigenvalue weighted by Gasteiger charge is -2.12. The van der Waals surface area contributed by atoms with Gasteiger partial charge in [0, 0.05) is 6.07 Å². The quantitative estimate of drug-likeness (QED) is 0.757. The third-order valence-corrected chi connectivity index (χ3v) is 1.49. The molecule has 0 unspecified atom stereocenters. The molecular formula is C6H9BrN2O. The van der Waals surface area contributed by atoms with Crippen LogP contribution in [-0.4, -0.2) is 5.16 Å². The Morgan fingerprint density at radius 2 is 2.30 bits per heavy atom. The summed E-state index contributed by atoms with van der Waals surface area (Å²) in [6, 6.07) is 1.76. The zero-order valence-electron chi connectivity index (χ0n) is 5.89. The molecule has 4 heteroatoms. The molecule has 10 heavy (non-hydrogen) atoms. The molecular weight excluding hydrogens is 196 g/mol. The van der Waals surface area contributed by atoms with Crippen LogP contribution in [0.2, 0.25) is 0 Å².